The normalized spacial score (nSPS) is 12.0. The Balaban J connectivity index is 3.43. The maximum Gasteiger partial charge on any atom is 0.596 e. The van der Waals surface area contributed by atoms with E-state index in [4.69, 9.17) is 13.3 Å². The molecule has 0 rings (SSSR count). The van der Waals surface area contributed by atoms with Crippen LogP contribution in [-0.2, 0) is 13.3 Å². The third-order valence-electron chi connectivity index (χ3n) is 2.35. The van der Waals surface area contributed by atoms with Crippen LogP contribution in [0.3, 0.4) is 0 Å². The highest BCUT2D eigenvalue weighted by molar-refractivity contribution is 6.57. The van der Waals surface area contributed by atoms with Crippen molar-refractivity contribution in [2.45, 2.75) is 13.3 Å². The SMILES string of the molecule is CCCNCCNCCN[Si](OC)(OC)OC. The molecule has 3 N–H and O–H groups in total. The van der Waals surface area contributed by atoms with Gasteiger partial charge in [-0.05, 0) is 13.0 Å². The van der Waals surface area contributed by atoms with E-state index in [0.717, 1.165) is 32.7 Å². The van der Waals surface area contributed by atoms with E-state index in [9.17, 15) is 0 Å². The Hall–Kier alpha value is -0.0231. The maximum absolute atomic E-state index is 5.24. The Bertz CT molecular complexity index is 163. The lowest BCUT2D eigenvalue weighted by Gasteiger charge is -2.24. The molecule has 0 aromatic heterocycles. The number of rotatable bonds is 12. The molecule has 104 valence electrons. The van der Waals surface area contributed by atoms with E-state index in [0.29, 0.717) is 0 Å². The van der Waals surface area contributed by atoms with Gasteiger partial charge in [-0.15, -0.1) is 0 Å². The fraction of sp³-hybridized carbons (Fsp3) is 1.00. The smallest absolute Gasteiger partial charge is 0.364 e. The van der Waals surface area contributed by atoms with E-state index in [1.807, 2.05) is 0 Å². The summed E-state index contributed by atoms with van der Waals surface area (Å²) in [6, 6.07) is 0. The Morgan fingerprint density at radius 3 is 1.71 bits per heavy atom. The summed E-state index contributed by atoms with van der Waals surface area (Å²) < 4.78 is 15.7. The third kappa shape index (κ3) is 7.82. The molecule has 0 spiro atoms. The second-order valence-corrected chi connectivity index (χ2v) is 6.29. The van der Waals surface area contributed by atoms with Gasteiger partial charge in [-0.2, -0.15) is 0 Å². The van der Waals surface area contributed by atoms with Gasteiger partial charge >= 0.3 is 8.97 Å². The molecule has 0 aliphatic heterocycles. The molecular weight excluding hydrogens is 238 g/mol. The van der Waals surface area contributed by atoms with Gasteiger partial charge in [0, 0.05) is 47.5 Å². The van der Waals surface area contributed by atoms with Gasteiger partial charge in [0.25, 0.3) is 0 Å². The summed E-state index contributed by atoms with van der Waals surface area (Å²) in [5.41, 5.74) is 0. The van der Waals surface area contributed by atoms with Crippen molar-refractivity contribution in [3.05, 3.63) is 0 Å². The monoisotopic (exact) mass is 265 g/mol. The molecule has 17 heavy (non-hydrogen) atoms. The second-order valence-electron chi connectivity index (χ2n) is 3.60. The first-order valence-electron chi connectivity index (χ1n) is 6.06. The molecule has 0 amide bonds. The van der Waals surface area contributed by atoms with Crippen molar-refractivity contribution in [2.75, 3.05) is 54.1 Å². The Labute approximate surface area is 106 Å². The zero-order chi connectivity index (χ0) is 13.0. The number of hydrogen-bond donors (Lipinski definition) is 3. The molecule has 0 saturated carbocycles. The summed E-state index contributed by atoms with van der Waals surface area (Å²) in [7, 11) is 2.17. The molecule has 0 aromatic rings. The molecule has 6 nitrogen and oxygen atoms in total. The largest absolute Gasteiger partial charge is 0.596 e. The Kier molecular flexibility index (Phi) is 11.1. The average Bonchev–Trinajstić information content (AvgIpc) is 2.38. The van der Waals surface area contributed by atoms with Crippen molar-refractivity contribution in [2.24, 2.45) is 0 Å². The topological polar surface area (TPSA) is 63.8 Å². The van der Waals surface area contributed by atoms with Crippen LogP contribution >= 0.6 is 0 Å². The van der Waals surface area contributed by atoms with Gasteiger partial charge in [0.15, 0.2) is 0 Å². The molecule has 0 aromatic carbocycles. The van der Waals surface area contributed by atoms with Crippen LogP contribution in [-0.4, -0.2) is 63.0 Å². The first kappa shape index (κ1) is 17.0. The molecule has 0 aliphatic carbocycles. The van der Waals surface area contributed by atoms with E-state index in [1.54, 1.807) is 21.3 Å². The van der Waals surface area contributed by atoms with Crippen LogP contribution in [0.1, 0.15) is 13.3 Å². The lowest BCUT2D eigenvalue weighted by atomic mass is 10.4. The number of hydrogen-bond acceptors (Lipinski definition) is 6. The van der Waals surface area contributed by atoms with Gasteiger partial charge in [-0.1, -0.05) is 6.92 Å². The van der Waals surface area contributed by atoms with Crippen molar-refractivity contribution in [3.8, 4) is 0 Å². The molecule has 0 fully saturated rings. The van der Waals surface area contributed by atoms with Crippen LogP contribution in [0.15, 0.2) is 0 Å². The quantitative estimate of drug-likeness (QED) is 0.328. The van der Waals surface area contributed by atoms with Crippen LogP contribution < -0.4 is 15.6 Å². The molecule has 0 saturated heterocycles. The minimum absolute atomic E-state index is 0.759. The summed E-state index contributed by atoms with van der Waals surface area (Å²) in [5.74, 6) is 0. The molecular formula is C10H27N3O3Si. The Morgan fingerprint density at radius 2 is 1.24 bits per heavy atom. The molecule has 0 bridgehead atoms. The van der Waals surface area contributed by atoms with Gasteiger partial charge in [0.05, 0.1) is 0 Å². The van der Waals surface area contributed by atoms with Crippen LogP contribution in [0, 0.1) is 0 Å². The summed E-state index contributed by atoms with van der Waals surface area (Å²) >= 11 is 0. The van der Waals surface area contributed by atoms with E-state index in [-0.39, 0.29) is 0 Å². The van der Waals surface area contributed by atoms with E-state index >= 15 is 0 Å². The predicted octanol–water partition coefficient (Wildman–Crippen LogP) is -0.460. The maximum atomic E-state index is 5.24. The molecule has 0 radical (unpaired) electrons. The van der Waals surface area contributed by atoms with E-state index < -0.39 is 8.97 Å². The molecule has 0 atom stereocenters. The van der Waals surface area contributed by atoms with Gasteiger partial charge in [-0.25, -0.2) is 0 Å². The molecule has 0 heterocycles. The molecule has 0 aliphatic rings. The van der Waals surface area contributed by atoms with Crippen LogP contribution in [0.5, 0.6) is 0 Å². The average molecular weight is 265 g/mol. The second kappa shape index (κ2) is 11.1. The third-order valence-corrected chi connectivity index (χ3v) is 4.65. The fourth-order valence-corrected chi connectivity index (χ4v) is 2.74. The summed E-state index contributed by atoms with van der Waals surface area (Å²) in [6.07, 6.45) is 1.17. The summed E-state index contributed by atoms with van der Waals surface area (Å²) in [5, 5.41) is 6.65. The number of nitrogens with one attached hydrogen (secondary N) is 3. The van der Waals surface area contributed by atoms with Gasteiger partial charge in [0.2, 0.25) is 0 Å². The summed E-state index contributed by atoms with van der Waals surface area (Å²) in [4.78, 5) is 3.17. The molecule has 7 heteroatoms. The highest BCUT2D eigenvalue weighted by Crippen LogP contribution is 1.99. The standard InChI is InChI=1S/C10H27N3O3Si/c1-5-6-11-7-8-12-9-10-13-17(14-2,15-3)16-4/h11-13H,5-10H2,1-4H3. The van der Waals surface area contributed by atoms with E-state index in [1.165, 1.54) is 6.42 Å². The van der Waals surface area contributed by atoms with Crippen molar-refractivity contribution < 1.29 is 13.3 Å². The van der Waals surface area contributed by atoms with Gasteiger partial charge in [0.1, 0.15) is 0 Å². The highest BCUT2D eigenvalue weighted by atomic mass is 28.4. The first-order chi connectivity index (χ1) is 8.24. The van der Waals surface area contributed by atoms with Crippen molar-refractivity contribution in [3.63, 3.8) is 0 Å². The zero-order valence-corrected chi connectivity index (χ0v) is 12.5. The lowest BCUT2D eigenvalue weighted by Crippen LogP contribution is -2.58. The van der Waals surface area contributed by atoms with Crippen LogP contribution in [0.4, 0.5) is 0 Å². The lowest BCUT2D eigenvalue weighted by molar-refractivity contribution is 0.110. The minimum Gasteiger partial charge on any atom is -0.364 e. The van der Waals surface area contributed by atoms with Crippen molar-refractivity contribution in [1.82, 2.24) is 15.6 Å². The van der Waals surface area contributed by atoms with Gasteiger partial charge < -0.3 is 23.9 Å². The zero-order valence-electron chi connectivity index (χ0n) is 11.5. The van der Waals surface area contributed by atoms with Crippen molar-refractivity contribution in [1.29, 1.82) is 0 Å². The fourth-order valence-electron chi connectivity index (χ4n) is 1.37. The van der Waals surface area contributed by atoms with Gasteiger partial charge in [-0.3, -0.25) is 4.98 Å². The Morgan fingerprint density at radius 1 is 0.765 bits per heavy atom. The van der Waals surface area contributed by atoms with E-state index in [2.05, 4.69) is 22.5 Å². The summed E-state index contributed by atoms with van der Waals surface area (Å²) in [6.45, 7) is 6.81. The van der Waals surface area contributed by atoms with Crippen molar-refractivity contribution >= 4 is 8.97 Å². The highest BCUT2D eigenvalue weighted by Gasteiger charge is 2.38. The van der Waals surface area contributed by atoms with Crippen LogP contribution in [0.25, 0.3) is 0 Å². The van der Waals surface area contributed by atoms with Crippen LogP contribution in [0.2, 0.25) is 0 Å². The minimum atomic E-state index is -2.60. The molecule has 0 unspecified atom stereocenters. The first-order valence-corrected chi connectivity index (χ1v) is 7.79. The predicted molar refractivity (Wildman–Crippen MR) is 70.8 cm³/mol.